The molecule has 246 valence electrons. The van der Waals surface area contributed by atoms with Crippen LogP contribution in [-0.4, -0.2) is 3.21 Å². The van der Waals surface area contributed by atoms with Gasteiger partial charge in [0.1, 0.15) is 0 Å². The van der Waals surface area contributed by atoms with Crippen molar-refractivity contribution in [3.8, 4) is 0 Å². The number of allylic oxidation sites excluding steroid dienone is 4. The average Bonchev–Trinajstić information content (AvgIpc) is 3.61. The number of fused-ring (bicyclic) bond motifs is 3. The Kier molecular flexibility index (Phi) is 15.0. The van der Waals surface area contributed by atoms with Gasteiger partial charge in [-0.1, -0.05) is 86.3 Å². The predicted octanol–water partition coefficient (Wildman–Crippen LogP) is 5.98. The second kappa shape index (κ2) is 17.3. The minimum atomic E-state index is 0. The molecule has 0 aromatic heterocycles. The van der Waals surface area contributed by atoms with Gasteiger partial charge in [0.25, 0.3) is 0 Å². The van der Waals surface area contributed by atoms with Crippen LogP contribution >= 0.6 is 0 Å². The number of hydrogen-bond donors (Lipinski definition) is 0. The summed E-state index contributed by atoms with van der Waals surface area (Å²) in [6.07, 6.45) is 7.90. The number of halogens is 2. The van der Waals surface area contributed by atoms with Crippen molar-refractivity contribution < 1.29 is 49.0 Å². The molecule has 0 fully saturated rings. The quantitative estimate of drug-likeness (QED) is 0.200. The molecule has 5 aromatic rings. The largest absolute Gasteiger partial charge is 1.00 e. The van der Waals surface area contributed by atoms with E-state index in [1.807, 2.05) is 0 Å². The average molecular weight is 741 g/mol. The van der Waals surface area contributed by atoms with Crippen molar-refractivity contribution in [1.82, 2.24) is 0 Å². The van der Waals surface area contributed by atoms with Gasteiger partial charge in [-0.15, -0.1) is 39.7 Å². The first-order valence-corrected chi connectivity index (χ1v) is 17.5. The molecule has 5 aromatic carbocycles. The second-order valence-corrected chi connectivity index (χ2v) is 15.5. The molecule has 0 heterocycles. The van der Waals surface area contributed by atoms with Gasteiger partial charge in [0.05, 0.1) is 0 Å². The maximum absolute atomic E-state index is 3.40. The molecule has 1 aliphatic rings. The normalized spacial score (nSPS) is 13.7. The molecule has 0 nitrogen and oxygen atoms in total. The molecular weight excluding hydrogens is 691 g/mol. The SMILES string of the molecule is CC(C)C1[C-]=CC(C(C)(C)C)=C1.Cc1cc2[cH-]c3cc(C)c(C)cc3c2cc1C.Cc1ccc([C](=[Zr+2])c2ccc(C)cc2)cc1.[Cl-].[Cl-]. The summed E-state index contributed by atoms with van der Waals surface area (Å²) in [5, 5.41) is 5.53. The third kappa shape index (κ3) is 10.5. The molecule has 0 radical (unpaired) electrons. The Bertz CT molecular complexity index is 1750. The van der Waals surface area contributed by atoms with Crippen molar-refractivity contribution in [3.05, 3.63) is 147 Å². The van der Waals surface area contributed by atoms with E-state index < -0.39 is 0 Å². The van der Waals surface area contributed by atoms with E-state index in [0.717, 1.165) is 0 Å². The molecule has 1 unspecified atom stereocenters. The van der Waals surface area contributed by atoms with Crippen LogP contribution in [0, 0.1) is 64.9 Å². The van der Waals surface area contributed by atoms with Gasteiger partial charge in [-0.2, -0.15) is 11.6 Å². The Morgan fingerprint density at radius 3 is 1.36 bits per heavy atom. The molecule has 1 atom stereocenters. The van der Waals surface area contributed by atoms with Crippen LogP contribution < -0.4 is 24.8 Å². The molecule has 0 bridgehead atoms. The van der Waals surface area contributed by atoms with Crippen LogP contribution in [-0.2, 0) is 24.2 Å². The summed E-state index contributed by atoms with van der Waals surface area (Å²) in [5.41, 5.74) is 12.5. The maximum Gasteiger partial charge on any atom is -1.00 e. The van der Waals surface area contributed by atoms with Crippen molar-refractivity contribution in [2.75, 3.05) is 0 Å². The Morgan fingerprint density at radius 1 is 0.660 bits per heavy atom. The number of benzene rings is 4. The number of aryl methyl sites for hydroxylation is 6. The summed E-state index contributed by atoms with van der Waals surface area (Å²) in [6, 6.07) is 29.1. The van der Waals surface area contributed by atoms with Crippen LogP contribution in [0.1, 0.15) is 79.1 Å². The van der Waals surface area contributed by atoms with Crippen LogP contribution in [0.2, 0.25) is 0 Å². The molecule has 0 aliphatic heterocycles. The molecule has 6 rings (SSSR count). The van der Waals surface area contributed by atoms with Crippen LogP contribution in [0.5, 0.6) is 0 Å². The third-order valence-electron chi connectivity index (χ3n) is 8.99. The van der Waals surface area contributed by atoms with Crippen LogP contribution in [0.4, 0.5) is 0 Å². The fraction of sp³-hybridized carbons (Fsp3) is 0.318. The molecule has 0 N–H and O–H groups in total. The van der Waals surface area contributed by atoms with Crippen molar-refractivity contribution in [2.24, 2.45) is 17.3 Å². The molecule has 0 amide bonds. The Morgan fingerprint density at radius 2 is 1.04 bits per heavy atom. The van der Waals surface area contributed by atoms with E-state index in [-0.39, 0.29) is 30.2 Å². The Hall–Kier alpha value is -2.44. The van der Waals surface area contributed by atoms with E-state index in [9.17, 15) is 0 Å². The first-order valence-electron chi connectivity index (χ1n) is 16.3. The van der Waals surface area contributed by atoms with Crippen LogP contribution in [0.3, 0.4) is 0 Å². The van der Waals surface area contributed by atoms with Gasteiger partial charge in [-0.05, 0) is 27.7 Å². The standard InChI is InChI=1S/C17H17.C15H14.C12H19.2ClH.Zr/c1-10-5-14-9-15-6-11(2)13(4)8-17(15)16(14)7-12(10)3;1-12-3-7-14(8-4-12)11-15-9-5-13(2)6-10-15;1-9(2)10-6-7-11(8-10)12(3,4)5;;;/h5-9H,1-4H3;3-10H,1-2H3;7-10H,1-5H3;2*1H;/q-1;;-1;;;+2/p-2. The van der Waals surface area contributed by atoms with Gasteiger partial charge in [-0.25, -0.2) is 6.08 Å². The molecule has 47 heavy (non-hydrogen) atoms. The summed E-state index contributed by atoms with van der Waals surface area (Å²) in [5.74, 6) is 1.22. The first kappa shape index (κ1) is 40.7. The predicted molar refractivity (Wildman–Crippen MR) is 195 cm³/mol. The van der Waals surface area contributed by atoms with Crippen molar-refractivity contribution in [3.63, 3.8) is 0 Å². The molecule has 3 heteroatoms. The molecule has 0 saturated heterocycles. The minimum Gasteiger partial charge on any atom is -1.00 e. The van der Waals surface area contributed by atoms with E-state index in [1.165, 1.54) is 99.1 Å². The first-order chi connectivity index (χ1) is 21.1. The molecule has 0 spiro atoms. The summed E-state index contributed by atoms with van der Waals surface area (Å²) >= 11 is 1.46. The maximum atomic E-state index is 3.40. The van der Waals surface area contributed by atoms with Gasteiger partial charge in [-0.3, -0.25) is 6.08 Å². The van der Waals surface area contributed by atoms with Crippen molar-refractivity contribution in [2.45, 2.75) is 76.2 Å². The summed E-state index contributed by atoms with van der Waals surface area (Å²) in [7, 11) is 0. The van der Waals surface area contributed by atoms with E-state index in [2.05, 4.69) is 173 Å². The number of rotatable bonds is 3. The minimum absolute atomic E-state index is 0. The van der Waals surface area contributed by atoms with E-state index in [4.69, 9.17) is 0 Å². The smallest absolute Gasteiger partial charge is 1.00 e. The van der Waals surface area contributed by atoms with Crippen LogP contribution in [0.25, 0.3) is 21.5 Å². The monoisotopic (exact) mass is 738 g/mol. The van der Waals surface area contributed by atoms with Gasteiger partial charge in [0.2, 0.25) is 0 Å². The fourth-order valence-corrected chi connectivity index (χ4v) is 6.30. The van der Waals surface area contributed by atoms with Gasteiger partial charge in [0.15, 0.2) is 0 Å². The molecule has 1 aliphatic carbocycles. The third-order valence-corrected chi connectivity index (χ3v) is 10.4. The van der Waals surface area contributed by atoms with Gasteiger partial charge >= 0.3 is 112 Å². The zero-order valence-corrected chi connectivity index (χ0v) is 34.0. The summed E-state index contributed by atoms with van der Waals surface area (Å²) in [6.45, 7) is 24.2. The van der Waals surface area contributed by atoms with Gasteiger partial charge < -0.3 is 24.8 Å². The Balaban J connectivity index is 0.000000244. The Labute approximate surface area is 312 Å². The molecular formula is C44H50Cl2Zr-2. The van der Waals surface area contributed by atoms with Crippen molar-refractivity contribution >= 4 is 24.8 Å². The second-order valence-electron chi connectivity index (χ2n) is 14.3. The zero-order valence-electron chi connectivity index (χ0n) is 30.1. The van der Waals surface area contributed by atoms with E-state index >= 15 is 0 Å². The zero-order chi connectivity index (χ0) is 33.1. The van der Waals surface area contributed by atoms with E-state index in [1.54, 1.807) is 0 Å². The fourth-order valence-electron chi connectivity index (χ4n) is 5.48. The summed E-state index contributed by atoms with van der Waals surface area (Å²) in [4.78, 5) is 0. The topological polar surface area (TPSA) is 0 Å². The van der Waals surface area contributed by atoms with E-state index in [0.29, 0.717) is 11.8 Å². The van der Waals surface area contributed by atoms with Crippen molar-refractivity contribution in [1.29, 1.82) is 0 Å². The van der Waals surface area contributed by atoms with Crippen LogP contribution in [0.15, 0.2) is 96.6 Å². The van der Waals surface area contributed by atoms with Gasteiger partial charge in [0, 0.05) is 0 Å². The molecule has 0 saturated carbocycles. The summed E-state index contributed by atoms with van der Waals surface area (Å²) < 4.78 is 1.42. The number of hydrogen-bond acceptors (Lipinski definition) is 0.